The first-order valence-corrected chi connectivity index (χ1v) is 8.84. The van der Waals surface area contributed by atoms with E-state index in [0.29, 0.717) is 42.0 Å². The molecular weight excluding hydrogens is 496 g/mol. The van der Waals surface area contributed by atoms with Crippen LogP contribution in [0.4, 0.5) is 18.9 Å². The molecule has 0 spiro atoms. The van der Waals surface area contributed by atoms with E-state index in [4.69, 9.17) is 22.1 Å². The zero-order valence-corrected chi connectivity index (χ0v) is 18.1. The van der Waals surface area contributed by atoms with Gasteiger partial charge in [-0.05, 0) is 56.5 Å². The van der Waals surface area contributed by atoms with E-state index >= 15 is 0 Å². The fourth-order valence-corrected chi connectivity index (χ4v) is 3.24. The molecule has 154 valence electrons. The zero-order valence-electron chi connectivity index (χ0n) is 15.1. The number of likely N-dealkylation sites (tertiary alicyclic amines) is 1. The number of rotatable bonds is 6. The van der Waals surface area contributed by atoms with Gasteiger partial charge >= 0.3 is 6.18 Å². The van der Waals surface area contributed by atoms with Crippen molar-refractivity contribution in [3.05, 3.63) is 23.2 Å². The smallest absolute Gasteiger partial charge is 0.401 e. The fraction of sp³-hybridized carbons (Fsp3) is 0.588. The maximum Gasteiger partial charge on any atom is 0.401 e. The molecule has 10 heteroatoms. The molecule has 1 aliphatic rings. The van der Waals surface area contributed by atoms with Crippen molar-refractivity contribution in [2.24, 2.45) is 16.6 Å². The molecule has 0 saturated carbocycles. The SMILES string of the molecule is COc1ccc(NC(N)=NCCC2CCN(CC(F)(F)F)CC2)cc1Cl.I. The third-order valence-corrected chi connectivity index (χ3v) is 4.65. The van der Waals surface area contributed by atoms with Crippen molar-refractivity contribution in [3.8, 4) is 5.75 Å². The number of methoxy groups -OCH3 is 1. The van der Waals surface area contributed by atoms with E-state index in [1.54, 1.807) is 18.2 Å². The van der Waals surface area contributed by atoms with Gasteiger partial charge in [0.05, 0.1) is 18.7 Å². The largest absolute Gasteiger partial charge is 0.495 e. The Bertz CT molecular complexity index is 623. The molecular formula is C17H25ClF3IN4O. The van der Waals surface area contributed by atoms with E-state index in [1.165, 1.54) is 12.0 Å². The van der Waals surface area contributed by atoms with E-state index in [0.717, 1.165) is 19.3 Å². The van der Waals surface area contributed by atoms with E-state index < -0.39 is 12.7 Å². The first kappa shape index (κ1) is 24.1. The van der Waals surface area contributed by atoms with Crippen LogP contribution in [0.1, 0.15) is 19.3 Å². The van der Waals surface area contributed by atoms with Gasteiger partial charge in [0, 0.05) is 12.2 Å². The van der Waals surface area contributed by atoms with Gasteiger partial charge in [-0.3, -0.25) is 9.89 Å². The van der Waals surface area contributed by atoms with Crippen molar-refractivity contribution in [2.75, 3.05) is 38.6 Å². The number of alkyl halides is 3. The first-order valence-electron chi connectivity index (χ1n) is 8.46. The summed E-state index contributed by atoms with van der Waals surface area (Å²) in [6.45, 7) is 0.670. The minimum absolute atomic E-state index is 0. The first-order chi connectivity index (χ1) is 12.3. The van der Waals surface area contributed by atoms with E-state index in [-0.39, 0.29) is 29.9 Å². The van der Waals surface area contributed by atoms with Gasteiger partial charge in [-0.2, -0.15) is 13.2 Å². The molecule has 0 unspecified atom stereocenters. The lowest BCUT2D eigenvalue weighted by molar-refractivity contribution is -0.148. The third kappa shape index (κ3) is 8.73. The van der Waals surface area contributed by atoms with Gasteiger partial charge in [-0.25, -0.2) is 0 Å². The summed E-state index contributed by atoms with van der Waals surface area (Å²) in [4.78, 5) is 5.74. The highest BCUT2D eigenvalue weighted by Gasteiger charge is 2.32. The Kier molecular flexibility index (Phi) is 9.96. The van der Waals surface area contributed by atoms with Crippen molar-refractivity contribution in [3.63, 3.8) is 0 Å². The fourth-order valence-electron chi connectivity index (χ4n) is 2.99. The van der Waals surface area contributed by atoms with Crippen molar-refractivity contribution in [1.82, 2.24) is 4.90 Å². The van der Waals surface area contributed by atoms with Crippen LogP contribution >= 0.6 is 35.6 Å². The van der Waals surface area contributed by atoms with Crippen LogP contribution in [0.25, 0.3) is 0 Å². The molecule has 5 nitrogen and oxygen atoms in total. The van der Waals surface area contributed by atoms with Crippen molar-refractivity contribution in [2.45, 2.75) is 25.4 Å². The van der Waals surface area contributed by atoms with Crippen LogP contribution in [-0.2, 0) is 0 Å². The average Bonchev–Trinajstić information content (AvgIpc) is 2.55. The van der Waals surface area contributed by atoms with E-state index in [9.17, 15) is 13.2 Å². The lowest BCUT2D eigenvalue weighted by Crippen LogP contribution is -2.40. The number of nitrogens with two attached hydrogens (primary N) is 1. The second kappa shape index (κ2) is 11.2. The monoisotopic (exact) mass is 520 g/mol. The lowest BCUT2D eigenvalue weighted by Gasteiger charge is -2.32. The van der Waals surface area contributed by atoms with Gasteiger partial charge in [0.2, 0.25) is 0 Å². The predicted octanol–water partition coefficient (Wildman–Crippen LogP) is 4.36. The van der Waals surface area contributed by atoms with Crippen LogP contribution in [0.5, 0.6) is 5.75 Å². The standard InChI is InChI=1S/C17H24ClF3N4O.HI/c1-26-15-3-2-13(10-14(15)18)24-16(22)23-7-4-12-5-8-25(9-6-12)11-17(19,20)21;/h2-3,10,12H,4-9,11H2,1H3,(H3,22,23,24);1H. The number of nitrogens with zero attached hydrogens (tertiary/aromatic N) is 2. The Hall–Kier alpha value is -0.940. The van der Waals surface area contributed by atoms with Crippen LogP contribution < -0.4 is 15.8 Å². The highest BCUT2D eigenvalue weighted by atomic mass is 127. The summed E-state index contributed by atoms with van der Waals surface area (Å²) in [7, 11) is 1.54. The summed E-state index contributed by atoms with van der Waals surface area (Å²) in [5.41, 5.74) is 6.57. The van der Waals surface area contributed by atoms with Crippen LogP contribution in [-0.4, -0.2) is 50.3 Å². The highest BCUT2D eigenvalue weighted by molar-refractivity contribution is 14.0. The minimum Gasteiger partial charge on any atom is -0.495 e. The molecule has 27 heavy (non-hydrogen) atoms. The van der Waals surface area contributed by atoms with E-state index in [1.807, 2.05) is 0 Å². The molecule has 1 aromatic rings. The molecule has 1 aliphatic heterocycles. The maximum atomic E-state index is 12.4. The normalized spacial score (nSPS) is 16.7. The van der Waals surface area contributed by atoms with E-state index in [2.05, 4.69) is 10.3 Å². The maximum absolute atomic E-state index is 12.4. The number of hydrogen-bond acceptors (Lipinski definition) is 3. The number of hydrogen-bond donors (Lipinski definition) is 2. The number of benzene rings is 1. The van der Waals surface area contributed by atoms with Crippen molar-refractivity contribution < 1.29 is 17.9 Å². The predicted molar refractivity (Wildman–Crippen MR) is 113 cm³/mol. The van der Waals surface area contributed by atoms with Gasteiger partial charge in [0.1, 0.15) is 5.75 Å². The van der Waals surface area contributed by atoms with Gasteiger partial charge < -0.3 is 15.8 Å². The number of ether oxygens (including phenoxy) is 1. The summed E-state index contributed by atoms with van der Waals surface area (Å²) >= 11 is 6.05. The molecule has 0 atom stereocenters. The molecule has 0 amide bonds. The average molecular weight is 521 g/mol. The summed E-state index contributed by atoms with van der Waals surface area (Å²) in [6.07, 6.45) is -1.80. The summed E-state index contributed by atoms with van der Waals surface area (Å²) in [6, 6.07) is 5.20. The number of anilines is 1. The number of nitrogens with one attached hydrogen (secondary N) is 1. The third-order valence-electron chi connectivity index (χ3n) is 4.35. The van der Waals surface area contributed by atoms with Gasteiger partial charge in [0.15, 0.2) is 5.96 Å². The Balaban J connectivity index is 0.00000364. The lowest BCUT2D eigenvalue weighted by atomic mass is 9.93. The highest BCUT2D eigenvalue weighted by Crippen LogP contribution is 2.27. The molecule has 1 fully saturated rings. The Morgan fingerprint density at radius 1 is 1.37 bits per heavy atom. The second-order valence-electron chi connectivity index (χ2n) is 6.36. The van der Waals surface area contributed by atoms with Crippen molar-refractivity contribution >= 4 is 47.2 Å². The molecule has 1 saturated heterocycles. The van der Waals surface area contributed by atoms with Crippen LogP contribution in [0, 0.1) is 5.92 Å². The van der Waals surface area contributed by atoms with Gasteiger partial charge in [-0.1, -0.05) is 11.6 Å². The molecule has 1 heterocycles. The number of halogens is 5. The van der Waals surface area contributed by atoms with Gasteiger partial charge in [0.25, 0.3) is 0 Å². The number of aliphatic imine (C=N–C) groups is 1. The van der Waals surface area contributed by atoms with Crippen LogP contribution in [0.15, 0.2) is 23.2 Å². The quantitative estimate of drug-likeness (QED) is 0.332. The molecule has 0 aliphatic carbocycles. The zero-order chi connectivity index (χ0) is 19.2. The summed E-state index contributed by atoms with van der Waals surface area (Å²) in [5.74, 6) is 1.23. The summed E-state index contributed by atoms with van der Waals surface area (Å²) in [5, 5.41) is 3.43. The molecule has 3 N–H and O–H groups in total. The second-order valence-corrected chi connectivity index (χ2v) is 6.77. The molecule has 0 bridgehead atoms. The van der Waals surface area contributed by atoms with Crippen molar-refractivity contribution in [1.29, 1.82) is 0 Å². The molecule has 2 rings (SSSR count). The number of piperidine rings is 1. The molecule has 0 aromatic heterocycles. The Labute approximate surface area is 179 Å². The topological polar surface area (TPSA) is 62.9 Å². The Morgan fingerprint density at radius 3 is 2.59 bits per heavy atom. The summed E-state index contributed by atoms with van der Waals surface area (Å²) < 4.78 is 42.2. The minimum atomic E-state index is -4.12. The van der Waals surface area contributed by atoms with Gasteiger partial charge in [-0.15, -0.1) is 24.0 Å². The number of guanidine groups is 1. The Morgan fingerprint density at radius 2 is 2.04 bits per heavy atom. The molecule has 0 radical (unpaired) electrons. The van der Waals surface area contributed by atoms with Crippen LogP contribution in [0.2, 0.25) is 5.02 Å². The molecule has 1 aromatic carbocycles. The van der Waals surface area contributed by atoms with Crippen LogP contribution in [0.3, 0.4) is 0 Å².